The molecule has 0 bridgehead atoms. The second kappa shape index (κ2) is 3.49. The molecule has 2 nitrogen and oxygen atoms in total. The zero-order valence-electron chi connectivity index (χ0n) is 8.54. The fourth-order valence-corrected chi connectivity index (χ4v) is 3.02. The Bertz CT molecular complexity index is 387. The third-order valence-corrected chi connectivity index (χ3v) is 4.62. The summed E-state index contributed by atoms with van der Waals surface area (Å²) in [6.45, 7) is 0.870. The summed E-state index contributed by atoms with van der Waals surface area (Å²) >= 11 is 3.78. The number of nitrogens with two attached hydrogens (primary N) is 1. The monoisotopic (exact) mass is 266 g/mol. The fraction of sp³-hybridized carbons (Fsp3) is 0.500. The van der Waals surface area contributed by atoms with Crippen molar-refractivity contribution < 1.29 is 0 Å². The van der Waals surface area contributed by atoms with Crippen LogP contribution in [0.25, 0.3) is 0 Å². The van der Waals surface area contributed by atoms with Crippen LogP contribution in [0.5, 0.6) is 0 Å². The van der Waals surface area contributed by atoms with Crippen LogP contribution in [0.1, 0.15) is 34.8 Å². The lowest BCUT2D eigenvalue weighted by Crippen LogP contribution is -2.11. The Balaban J connectivity index is 1.93. The average Bonchev–Trinajstić information content (AvgIpc) is 3.04. The maximum atomic E-state index is 6.03. The summed E-state index contributed by atoms with van der Waals surface area (Å²) in [6, 6.07) is 6.80. The van der Waals surface area contributed by atoms with E-state index >= 15 is 0 Å². The number of hydrogen-bond acceptors (Lipinski definition) is 2. The summed E-state index contributed by atoms with van der Waals surface area (Å²) in [7, 11) is 0. The number of nitrogens with one attached hydrogen (secondary N) is 1. The number of fused-ring (bicyclic) bond motifs is 1. The van der Waals surface area contributed by atoms with Gasteiger partial charge in [-0.1, -0.05) is 28.1 Å². The number of alkyl halides is 1. The smallest absolute Gasteiger partial charge is 0.0491 e. The molecule has 0 radical (unpaired) electrons. The van der Waals surface area contributed by atoms with Gasteiger partial charge in [0.2, 0.25) is 0 Å². The Morgan fingerprint density at radius 2 is 2.20 bits per heavy atom. The van der Waals surface area contributed by atoms with Crippen molar-refractivity contribution in [3.8, 4) is 0 Å². The largest absolute Gasteiger partial charge is 0.383 e. The van der Waals surface area contributed by atoms with Crippen molar-refractivity contribution in [2.45, 2.75) is 23.7 Å². The van der Waals surface area contributed by atoms with E-state index in [1.165, 1.54) is 29.7 Å². The maximum Gasteiger partial charge on any atom is 0.0491 e. The van der Waals surface area contributed by atoms with Crippen LogP contribution in [0.4, 0.5) is 5.69 Å². The first-order valence-corrected chi connectivity index (χ1v) is 6.44. The minimum atomic E-state index is 0.166. The highest BCUT2D eigenvalue weighted by molar-refractivity contribution is 9.09. The van der Waals surface area contributed by atoms with Crippen LogP contribution in [0.3, 0.4) is 0 Å². The topological polar surface area (TPSA) is 38.0 Å². The van der Waals surface area contributed by atoms with Crippen molar-refractivity contribution >= 4 is 21.6 Å². The van der Waals surface area contributed by atoms with Crippen LogP contribution in [-0.2, 0) is 0 Å². The minimum absolute atomic E-state index is 0.166. The van der Waals surface area contributed by atoms with Gasteiger partial charge in [-0.25, -0.2) is 0 Å². The number of halogens is 1. The van der Waals surface area contributed by atoms with E-state index in [0.29, 0.717) is 4.83 Å². The van der Waals surface area contributed by atoms with Gasteiger partial charge < -0.3 is 11.1 Å². The molecule has 1 aromatic rings. The van der Waals surface area contributed by atoms with Gasteiger partial charge in [0.05, 0.1) is 0 Å². The Morgan fingerprint density at radius 3 is 2.93 bits per heavy atom. The lowest BCUT2D eigenvalue weighted by molar-refractivity contribution is 0.794. The molecule has 1 fully saturated rings. The zero-order chi connectivity index (χ0) is 10.4. The SMILES string of the molecule is N[C@H]1CNc2ccc([C@H](Br)C3CC3)cc21. The quantitative estimate of drug-likeness (QED) is 0.808. The number of benzene rings is 1. The number of rotatable bonds is 2. The average molecular weight is 267 g/mol. The minimum Gasteiger partial charge on any atom is -0.383 e. The molecule has 3 N–H and O–H groups in total. The van der Waals surface area contributed by atoms with Crippen LogP contribution in [0.15, 0.2) is 18.2 Å². The molecule has 0 saturated heterocycles. The molecule has 3 rings (SSSR count). The van der Waals surface area contributed by atoms with Crippen molar-refractivity contribution in [3.63, 3.8) is 0 Å². The molecule has 2 atom stereocenters. The van der Waals surface area contributed by atoms with E-state index in [2.05, 4.69) is 39.4 Å². The normalized spacial score (nSPS) is 25.9. The molecule has 0 spiro atoms. The lowest BCUT2D eigenvalue weighted by Gasteiger charge is -2.11. The molecule has 2 aliphatic rings. The Hall–Kier alpha value is -0.540. The molecule has 3 heteroatoms. The molecule has 1 aliphatic heterocycles. The standard InChI is InChI=1S/C12H15BrN2/c13-12(7-1-2-7)8-3-4-11-9(5-8)10(14)6-15-11/h3-5,7,10,12,15H,1-2,6,14H2/t10-,12+/m0/s1. The van der Waals surface area contributed by atoms with Crippen LogP contribution in [0, 0.1) is 5.92 Å². The summed E-state index contributed by atoms with van der Waals surface area (Å²) in [6.07, 6.45) is 2.72. The maximum absolute atomic E-state index is 6.03. The highest BCUT2D eigenvalue weighted by atomic mass is 79.9. The van der Waals surface area contributed by atoms with Crippen LogP contribution in [0.2, 0.25) is 0 Å². The Morgan fingerprint density at radius 1 is 1.40 bits per heavy atom. The highest BCUT2D eigenvalue weighted by Crippen LogP contribution is 2.47. The Kier molecular flexibility index (Phi) is 2.25. The van der Waals surface area contributed by atoms with Gasteiger partial charge in [0.25, 0.3) is 0 Å². The summed E-state index contributed by atoms with van der Waals surface area (Å²) in [4.78, 5) is 0.524. The van der Waals surface area contributed by atoms with Crippen molar-refractivity contribution in [1.82, 2.24) is 0 Å². The van der Waals surface area contributed by atoms with E-state index in [1.54, 1.807) is 0 Å². The predicted molar refractivity (Wildman–Crippen MR) is 66.3 cm³/mol. The fourth-order valence-electron chi connectivity index (χ4n) is 2.21. The molecule has 0 amide bonds. The van der Waals surface area contributed by atoms with E-state index in [-0.39, 0.29) is 6.04 Å². The summed E-state index contributed by atoms with van der Waals surface area (Å²) in [5, 5.41) is 3.32. The Labute approximate surface area is 98.4 Å². The van der Waals surface area contributed by atoms with Gasteiger partial charge in [-0.15, -0.1) is 0 Å². The second-order valence-electron chi connectivity index (χ2n) is 4.57. The molecule has 0 unspecified atom stereocenters. The van der Waals surface area contributed by atoms with Gasteiger partial charge in [-0.05, 0) is 36.0 Å². The van der Waals surface area contributed by atoms with Gasteiger partial charge >= 0.3 is 0 Å². The van der Waals surface area contributed by atoms with Crippen molar-refractivity contribution in [2.75, 3.05) is 11.9 Å². The molecule has 1 heterocycles. The summed E-state index contributed by atoms with van der Waals surface area (Å²) < 4.78 is 0. The van der Waals surface area contributed by atoms with Gasteiger partial charge in [0.15, 0.2) is 0 Å². The first-order chi connectivity index (χ1) is 7.25. The molecule has 1 aromatic carbocycles. The van der Waals surface area contributed by atoms with Crippen LogP contribution >= 0.6 is 15.9 Å². The van der Waals surface area contributed by atoms with Gasteiger partial charge in [0, 0.05) is 23.1 Å². The molecule has 1 aliphatic carbocycles. The predicted octanol–water partition coefficient (Wildman–Crippen LogP) is 2.96. The second-order valence-corrected chi connectivity index (χ2v) is 5.56. The molecule has 0 aromatic heterocycles. The van der Waals surface area contributed by atoms with E-state index in [1.807, 2.05) is 0 Å². The molecule has 1 saturated carbocycles. The third kappa shape index (κ3) is 1.68. The molecular formula is C12H15BrN2. The highest BCUT2D eigenvalue weighted by Gasteiger charge is 2.31. The zero-order valence-corrected chi connectivity index (χ0v) is 10.1. The first-order valence-electron chi connectivity index (χ1n) is 5.53. The lowest BCUT2D eigenvalue weighted by atomic mass is 10.0. The summed E-state index contributed by atoms with van der Waals surface area (Å²) in [5.74, 6) is 0.841. The third-order valence-electron chi connectivity index (χ3n) is 3.34. The van der Waals surface area contributed by atoms with Crippen molar-refractivity contribution in [2.24, 2.45) is 11.7 Å². The molecular weight excluding hydrogens is 252 g/mol. The van der Waals surface area contributed by atoms with Gasteiger partial charge in [0.1, 0.15) is 0 Å². The molecule has 15 heavy (non-hydrogen) atoms. The number of hydrogen-bond donors (Lipinski definition) is 2. The van der Waals surface area contributed by atoms with Gasteiger partial charge in [-0.3, -0.25) is 0 Å². The molecule has 80 valence electrons. The van der Waals surface area contributed by atoms with Crippen molar-refractivity contribution in [1.29, 1.82) is 0 Å². The van der Waals surface area contributed by atoms with E-state index in [9.17, 15) is 0 Å². The van der Waals surface area contributed by atoms with Crippen LogP contribution in [-0.4, -0.2) is 6.54 Å². The van der Waals surface area contributed by atoms with Gasteiger partial charge in [-0.2, -0.15) is 0 Å². The van der Waals surface area contributed by atoms with Crippen molar-refractivity contribution in [3.05, 3.63) is 29.3 Å². The van der Waals surface area contributed by atoms with Crippen LogP contribution < -0.4 is 11.1 Å². The number of anilines is 1. The van der Waals surface area contributed by atoms with E-state index in [4.69, 9.17) is 5.73 Å². The first kappa shape index (κ1) is 9.67. The van der Waals surface area contributed by atoms with E-state index in [0.717, 1.165) is 12.5 Å². The summed E-state index contributed by atoms with van der Waals surface area (Å²) in [5.41, 5.74) is 9.90. The van der Waals surface area contributed by atoms with E-state index < -0.39 is 0 Å².